The Labute approximate surface area is 170 Å². The molecule has 152 valence electrons. The maximum Gasteiger partial charge on any atom is 0.407 e. The second-order valence-corrected chi connectivity index (χ2v) is 7.79. The lowest BCUT2D eigenvalue weighted by atomic mass is 9.91. The normalized spacial score (nSPS) is 17.2. The van der Waals surface area contributed by atoms with Crippen molar-refractivity contribution in [3.8, 4) is 11.1 Å². The average Bonchev–Trinajstić information content (AvgIpc) is 3.06. The highest BCUT2D eigenvalue weighted by Crippen LogP contribution is 2.44. The number of benzene rings is 2. The molecule has 2 aromatic carbocycles. The number of piperidine rings is 1. The van der Waals surface area contributed by atoms with E-state index in [1.165, 1.54) is 0 Å². The predicted octanol–water partition coefficient (Wildman–Crippen LogP) is 3.37. The van der Waals surface area contributed by atoms with Crippen LogP contribution < -0.4 is 10.6 Å². The van der Waals surface area contributed by atoms with Gasteiger partial charge in [0.15, 0.2) is 0 Å². The number of carbonyl (C=O) groups is 2. The molecule has 0 spiro atoms. The van der Waals surface area contributed by atoms with Crippen molar-refractivity contribution in [1.82, 2.24) is 10.6 Å². The minimum atomic E-state index is -1.02. The Morgan fingerprint density at radius 2 is 1.62 bits per heavy atom. The van der Waals surface area contributed by atoms with Crippen molar-refractivity contribution >= 4 is 12.1 Å². The van der Waals surface area contributed by atoms with Gasteiger partial charge in [0.1, 0.15) is 12.6 Å². The van der Waals surface area contributed by atoms with Crippen molar-refractivity contribution in [1.29, 1.82) is 0 Å². The second-order valence-electron chi connectivity index (χ2n) is 7.79. The largest absolute Gasteiger partial charge is 0.480 e. The van der Waals surface area contributed by atoms with Crippen LogP contribution in [0.25, 0.3) is 11.1 Å². The number of carboxylic acid groups (broad SMARTS) is 1. The summed E-state index contributed by atoms with van der Waals surface area (Å²) < 4.78 is 5.48. The van der Waals surface area contributed by atoms with Gasteiger partial charge < -0.3 is 20.5 Å². The molecule has 2 aromatic rings. The van der Waals surface area contributed by atoms with Gasteiger partial charge in [-0.2, -0.15) is 0 Å². The Balaban J connectivity index is 1.39. The number of alkyl carbamates (subject to hydrolysis) is 1. The van der Waals surface area contributed by atoms with E-state index >= 15 is 0 Å². The van der Waals surface area contributed by atoms with Gasteiger partial charge in [-0.05, 0) is 60.5 Å². The number of carboxylic acids is 1. The van der Waals surface area contributed by atoms with Crippen LogP contribution in [-0.4, -0.2) is 42.9 Å². The summed E-state index contributed by atoms with van der Waals surface area (Å²) in [4.78, 5) is 24.0. The number of aliphatic carboxylic acids is 1. The quantitative estimate of drug-likeness (QED) is 0.699. The summed E-state index contributed by atoms with van der Waals surface area (Å²) in [6.45, 7) is 1.96. The highest BCUT2D eigenvalue weighted by molar-refractivity contribution is 5.81. The van der Waals surface area contributed by atoms with E-state index in [1.54, 1.807) is 0 Å². The molecular weight excluding hydrogens is 368 g/mol. The third kappa shape index (κ3) is 4.27. The highest BCUT2D eigenvalue weighted by Gasteiger charge is 2.30. The van der Waals surface area contributed by atoms with Crippen LogP contribution in [-0.2, 0) is 9.53 Å². The van der Waals surface area contributed by atoms with Gasteiger partial charge in [0, 0.05) is 5.92 Å². The minimum absolute atomic E-state index is 0.0409. The molecule has 6 heteroatoms. The van der Waals surface area contributed by atoms with Gasteiger partial charge in [-0.15, -0.1) is 0 Å². The number of carbonyl (C=O) groups excluding carboxylic acids is 1. The maximum absolute atomic E-state index is 12.4. The van der Waals surface area contributed by atoms with Gasteiger partial charge in [0.05, 0.1) is 0 Å². The van der Waals surface area contributed by atoms with E-state index in [0.717, 1.165) is 48.2 Å². The first kappa shape index (κ1) is 19.5. The molecule has 1 aliphatic carbocycles. The zero-order valence-corrected chi connectivity index (χ0v) is 16.3. The van der Waals surface area contributed by atoms with Gasteiger partial charge in [-0.25, -0.2) is 9.59 Å². The van der Waals surface area contributed by atoms with Crippen LogP contribution in [0, 0.1) is 5.92 Å². The summed E-state index contributed by atoms with van der Waals surface area (Å²) >= 11 is 0. The van der Waals surface area contributed by atoms with Crippen LogP contribution in [0.15, 0.2) is 48.5 Å². The fourth-order valence-electron chi connectivity index (χ4n) is 4.45. The lowest BCUT2D eigenvalue weighted by Crippen LogP contribution is -2.43. The number of amides is 1. The zero-order valence-electron chi connectivity index (χ0n) is 16.3. The van der Waals surface area contributed by atoms with Crippen molar-refractivity contribution in [2.45, 2.75) is 31.2 Å². The van der Waals surface area contributed by atoms with E-state index in [9.17, 15) is 14.7 Å². The fraction of sp³-hybridized carbons (Fsp3) is 0.391. The number of nitrogens with one attached hydrogen (secondary N) is 2. The molecule has 1 fully saturated rings. The van der Waals surface area contributed by atoms with Crippen molar-refractivity contribution in [2.75, 3.05) is 19.7 Å². The van der Waals surface area contributed by atoms with Crippen LogP contribution >= 0.6 is 0 Å². The van der Waals surface area contributed by atoms with Gasteiger partial charge in [0.25, 0.3) is 0 Å². The zero-order chi connectivity index (χ0) is 20.2. The van der Waals surface area contributed by atoms with E-state index in [0.29, 0.717) is 12.3 Å². The molecule has 0 bridgehead atoms. The van der Waals surface area contributed by atoms with E-state index in [-0.39, 0.29) is 12.5 Å². The lowest BCUT2D eigenvalue weighted by Gasteiger charge is -2.25. The second kappa shape index (κ2) is 8.66. The fourth-order valence-corrected chi connectivity index (χ4v) is 4.45. The Kier molecular flexibility index (Phi) is 5.81. The predicted molar refractivity (Wildman–Crippen MR) is 110 cm³/mol. The van der Waals surface area contributed by atoms with Gasteiger partial charge in [0.2, 0.25) is 0 Å². The molecule has 1 aliphatic heterocycles. The third-order valence-corrected chi connectivity index (χ3v) is 5.96. The van der Waals surface area contributed by atoms with E-state index in [4.69, 9.17) is 4.74 Å². The van der Waals surface area contributed by atoms with Gasteiger partial charge in [-0.3, -0.25) is 0 Å². The van der Waals surface area contributed by atoms with Crippen LogP contribution in [0.1, 0.15) is 36.3 Å². The monoisotopic (exact) mass is 394 g/mol. The van der Waals surface area contributed by atoms with Crippen LogP contribution in [0.3, 0.4) is 0 Å². The Morgan fingerprint density at radius 3 is 2.21 bits per heavy atom. The minimum Gasteiger partial charge on any atom is -0.480 e. The van der Waals surface area contributed by atoms with Crippen LogP contribution in [0.2, 0.25) is 0 Å². The van der Waals surface area contributed by atoms with Gasteiger partial charge in [-0.1, -0.05) is 48.5 Å². The molecule has 3 N–H and O–H groups in total. The van der Waals surface area contributed by atoms with Crippen molar-refractivity contribution < 1.29 is 19.4 Å². The summed E-state index contributed by atoms with van der Waals surface area (Å²) in [6, 6.07) is 15.3. The van der Waals surface area contributed by atoms with Crippen LogP contribution in [0.5, 0.6) is 0 Å². The molecule has 2 aliphatic rings. The SMILES string of the molecule is O=C(NC(CC1CCNCC1)C(=O)O)OCC1c2ccccc2-c2ccccc21. The molecular formula is C23H26N2O4. The first-order chi connectivity index (χ1) is 14.1. The Morgan fingerprint density at radius 1 is 1.03 bits per heavy atom. The summed E-state index contributed by atoms with van der Waals surface area (Å²) in [6.07, 6.45) is 1.61. The molecule has 1 unspecified atom stereocenters. The lowest BCUT2D eigenvalue weighted by molar-refractivity contribution is -0.139. The standard InChI is InChI=1S/C23H26N2O4/c26-22(27)21(13-15-9-11-24-12-10-15)25-23(28)29-14-20-18-7-3-1-5-16(18)17-6-2-4-8-19(17)20/h1-8,15,20-21,24H,9-14H2,(H,25,28)(H,26,27). The van der Waals surface area contributed by atoms with E-state index in [1.807, 2.05) is 24.3 Å². The number of ether oxygens (including phenoxy) is 1. The molecule has 0 saturated carbocycles. The topological polar surface area (TPSA) is 87.7 Å². The first-order valence-electron chi connectivity index (χ1n) is 10.2. The number of hydrogen-bond donors (Lipinski definition) is 3. The molecule has 0 aromatic heterocycles. The number of rotatable bonds is 6. The maximum atomic E-state index is 12.4. The summed E-state index contributed by atoms with van der Waals surface area (Å²) in [5.74, 6) is -0.760. The molecule has 1 amide bonds. The summed E-state index contributed by atoms with van der Waals surface area (Å²) in [5.41, 5.74) is 4.58. The third-order valence-electron chi connectivity index (χ3n) is 5.96. The van der Waals surface area contributed by atoms with Crippen molar-refractivity contribution in [3.63, 3.8) is 0 Å². The van der Waals surface area contributed by atoms with Gasteiger partial charge >= 0.3 is 12.1 Å². The summed E-state index contributed by atoms with van der Waals surface area (Å²) in [5, 5.41) is 15.3. The summed E-state index contributed by atoms with van der Waals surface area (Å²) in [7, 11) is 0. The molecule has 6 nitrogen and oxygen atoms in total. The Bertz CT molecular complexity index is 846. The molecule has 4 rings (SSSR count). The molecule has 29 heavy (non-hydrogen) atoms. The number of hydrogen-bond acceptors (Lipinski definition) is 4. The molecule has 1 saturated heterocycles. The van der Waals surface area contributed by atoms with E-state index < -0.39 is 18.1 Å². The first-order valence-corrected chi connectivity index (χ1v) is 10.2. The van der Waals surface area contributed by atoms with Crippen LogP contribution in [0.4, 0.5) is 4.79 Å². The molecule has 1 heterocycles. The van der Waals surface area contributed by atoms with Crippen molar-refractivity contribution in [2.24, 2.45) is 5.92 Å². The smallest absolute Gasteiger partial charge is 0.407 e. The van der Waals surface area contributed by atoms with E-state index in [2.05, 4.69) is 34.9 Å². The molecule has 0 radical (unpaired) electrons. The average molecular weight is 394 g/mol. The highest BCUT2D eigenvalue weighted by atomic mass is 16.5. The Hall–Kier alpha value is -2.86. The van der Waals surface area contributed by atoms with Crippen molar-refractivity contribution in [3.05, 3.63) is 59.7 Å². The molecule has 1 atom stereocenters. The number of fused-ring (bicyclic) bond motifs is 3.